The minimum atomic E-state index is 0.534. The lowest BCUT2D eigenvalue weighted by Gasteiger charge is -2.00. The standard InChI is InChI=1S/C14H14N4O/c1-2-15-9-13-17-14(19-18-13)11-5-3-7-12-10(11)6-4-8-16-12/h3-8,15H,2,9H2,1H3. The summed E-state index contributed by atoms with van der Waals surface area (Å²) in [4.78, 5) is 8.72. The van der Waals surface area contributed by atoms with Crippen LogP contribution < -0.4 is 5.32 Å². The van der Waals surface area contributed by atoms with Crippen LogP contribution in [0, 0.1) is 0 Å². The molecule has 0 aliphatic carbocycles. The van der Waals surface area contributed by atoms with E-state index in [9.17, 15) is 0 Å². The minimum absolute atomic E-state index is 0.534. The number of nitrogens with one attached hydrogen (secondary N) is 1. The Balaban J connectivity index is 2.02. The van der Waals surface area contributed by atoms with Gasteiger partial charge in [-0.1, -0.05) is 24.2 Å². The maximum atomic E-state index is 5.33. The Morgan fingerprint density at radius 1 is 1.21 bits per heavy atom. The van der Waals surface area contributed by atoms with Crippen molar-refractivity contribution in [1.29, 1.82) is 0 Å². The molecule has 2 aromatic heterocycles. The Kier molecular flexibility index (Phi) is 3.20. The van der Waals surface area contributed by atoms with Crippen molar-refractivity contribution in [2.45, 2.75) is 13.5 Å². The second-order valence-corrected chi connectivity index (χ2v) is 4.17. The van der Waals surface area contributed by atoms with Gasteiger partial charge in [-0.2, -0.15) is 4.98 Å². The molecule has 0 aliphatic rings. The van der Waals surface area contributed by atoms with Gasteiger partial charge in [-0.15, -0.1) is 0 Å². The molecule has 0 radical (unpaired) electrons. The van der Waals surface area contributed by atoms with Crippen LogP contribution in [0.15, 0.2) is 41.1 Å². The molecule has 1 N–H and O–H groups in total. The molecule has 0 amide bonds. The molecule has 0 saturated carbocycles. The molecule has 5 heteroatoms. The lowest BCUT2D eigenvalue weighted by Crippen LogP contribution is -2.12. The van der Waals surface area contributed by atoms with Crippen molar-refractivity contribution in [2.75, 3.05) is 6.54 Å². The van der Waals surface area contributed by atoms with Crippen molar-refractivity contribution in [3.8, 4) is 11.5 Å². The highest BCUT2D eigenvalue weighted by molar-refractivity contribution is 5.92. The highest BCUT2D eigenvalue weighted by Gasteiger charge is 2.11. The quantitative estimate of drug-likeness (QED) is 0.774. The molecule has 0 saturated heterocycles. The molecule has 96 valence electrons. The molecule has 0 atom stereocenters. The second kappa shape index (κ2) is 5.16. The number of fused-ring (bicyclic) bond motifs is 1. The number of benzene rings is 1. The lowest BCUT2D eigenvalue weighted by atomic mass is 10.1. The molecule has 3 aromatic rings. The average molecular weight is 254 g/mol. The van der Waals surface area contributed by atoms with E-state index in [1.807, 2.05) is 37.3 Å². The van der Waals surface area contributed by atoms with Gasteiger partial charge >= 0.3 is 0 Å². The summed E-state index contributed by atoms with van der Waals surface area (Å²) in [6.45, 7) is 3.53. The van der Waals surface area contributed by atoms with E-state index in [0.717, 1.165) is 23.0 Å². The smallest absolute Gasteiger partial charge is 0.258 e. The fourth-order valence-corrected chi connectivity index (χ4v) is 1.96. The molecule has 3 rings (SSSR count). The third-order valence-corrected chi connectivity index (χ3v) is 2.88. The third-order valence-electron chi connectivity index (χ3n) is 2.88. The van der Waals surface area contributed by atoms with Crippen LogP contribution in [0.1, 0.15) is 12.7 Å². The number of rotatable bonds is 4. The highest BCUT2D eigenvalue weighted by atomic mass is 16.5. The monoisotopic (exact) mass is 254 g/mol. The summed E-state index contributed by atoms with van der Waals surface area (Å²) in [5, 5.41) is 8.15. The normalized spacial score (nSPS) is 11.0. The topological polar surface area (TPSA) is 63.8 Å². The molecular weight excluding hydrogens is 240 g/mol. The number of pyridine rings is 1. The van der Waals surface area contributed by atoms with Gasteiger partial charge < -0.3 is 9.84 Å². The molecule has 2 heterocycles. The largest absolute Gasteiger partial charge is 0.334 e. The van der Waals surface area contributed by atoms with Crippen LogP contribution >= 0.6 is 0 Å². The first kappa shape index (κ1) is 11.8. The van der Waals surface area contributed by atoms with Gasteiger partial charge in [0, 0.05) is 17.1 Å². The Morgan fingerprint density at radius 3 is 3.05 bits per heavy atom. The van der Waals surface area contributed by atoms with Crippen LogP contribution in [-0.2, 0) is 6.54 Å². The minimum Gasteiger partial charge on any atom is -0.334 e. The molecule has 0 spiro atoms. The van der Waals surface area contributed by atoms with Crippen molar-refractivity contribution in [2.24, 2.45) is 0 Å². The van der Waals surface area contributed by atoms with Crippen molar-refractivity contribution in [1.82, 2.24) is 20.4 Å². The predicted octanol–water partition coefficient (Wildman–Crippen LogP) is 2.39. The van der Waals surface area contributed by atoms with E-state index in [-0.39, 0.29) is 0 Å². The van der Waals surface area contributed by atoms with E-state index >= 15 is 0 Å². The first-order valence-corrected chi connectivity index (χ1v) is 6.26. The Labute approximate surface area is 110 Å². The average Bonchev–Trinajstić information content (AvgIpc) is 2.93. The molecule has 0 fully saturated rings. The third kappa shape index (κ3) is 2.32. The van der Waals surface area contributed by atoms with Crippen molar-refractivity contribution < 1.29 is 4.52 Å². The first-order valence-electron chi connectivity index (χ1n) is 6.26. The van der Waals surface area contributed by atoms with Gasteiger partial charge in [0.25, 0.3) is 5.89 Å². The highest BCUT2D eigenvalue weighted by Crippen LogP contribution is 2.25. The van der Waals surface area contributed by atoms with Crippen LogP contribution in [0.5, 0.6) is 0 Å². The van der Waals surface area contributed by atoms with Gasteiger partial charge in [0.1, 0.15) is 0 Å². The van der Waals surface area contributed by atoms with Gasteiger partial charge in [0.05, 0.1) is 12.1 Å². The van der Waals surface area contributed by atoms with Gasteiger partial charge in [0.15, 0.2) is 5.82 Å². The van der Waals surface area contributed by atoms with E-state index in [0.29, 0.717) is 18.3 Å². The summed E-state index contributed by atoms with van der Waals surface area (Å²) < 4.78 is 5.33. The summed E-state index contributed by atoms with van der Waals surface area (Å²) in [5.41, 5.74) is 1.84. The van der Waals surface area contributed by atoms with E-state index in [4.69, 9.17) is 4.52 Å². The molecule has 0 bridgehead atoms. The van der Waals surface area contributed by atoms with Crippen LogP contribution in [0.3, 0.4) is 0 Å². The maximum absolute atomic E-state index is 5.33. The molecular formula is C14H14N4O. The number of aromatic nitrogens is 3. The SMILES string of the molecule is CCNCc1noc(-c2cccc3ncccc23)n1. The van der Waals surface area contributed by atoms with Crippen LogP contribution in [0.2, 0.25) is 0 Å². The summed E-state index contributed by atoms with van der Waals surface area (Å²) in [6.07, 6.45) is 1.77. The Hall–Kier alpha value is -2.27. The fraction of sp³-hybridized carbons (Fsp3) is 0.214. The number of hydrogen-bond donors (Lipinski definition) is 1. The summed E-state index contributed by atoms with van der Waals surface area (Å²) in [7, 11) is 0. The summed E-state index contributed by atoms with van der Waals surface area (Å²) in [6, 6.07) is 9.79. The molecule has 19 heavy (non-hydrogen) atoms. The number of nitrogens with zero attached hydrogens (tertiary/aromatic N) is 3. The van der Waals surface area contributed by atoms with Gasteiger partial charge in [0.2, 0.25) is 0 Å². The Morgan fingerprint density at radius 2 is 2.16 bits per heavy atom. The van der Waals surface area contributed by atoms with Crippen LogP contribution in [-0.4, -0.2) is 21.7 Å². The van der Waals surface area contributed by atoms with Crippen molar-refractivity contribution in [3.05, 3.63) is 42.4 Å². The molecule has 0 aliphatic heterocycles. The van der Waals surface area contributed by atoms with E-state index in [1.165, 1.54) is 0 Å². The van der Waals surface area contributed by atoms with Crippen LogP contribution in [0.25, 0.3) is 22.4 Å². The van der Waals surface area contributed by atoms with Crippen LogP contribution in [0.4, 0.5) is 0 Å². The van der Waals surface area contributed by atoms with Crippen molar-refractivity contribution >= 4 is 10.9 Å². The molecule has 5 nitrogen and oxygen atoms in total. The predicted molar refractivity (Wildman–Crippen MR) is 72.4 cm³/mol. The van der Waals surface area contributed by atoms with E-state index in [1.54, 1.807) is 6.20 Å². The lowest BCUT2D eigenvalue weighted by molar-refractivity contribution is 0.420. The van der Waals surface area contributed by atoms with E-state index in [2.05, 4.69) is 20.4 Å². The van der Waals surface area contributed by atoms with Gasteiger partial charge in [-0.25, -0.2) is 0 Å². The fourth-order valence-electron chi connectivity index (χ4n) is 1.96. The zero-order chi connectivity index (χ0) is 13.1. The summed E-state index contributed by atoms with van der Waals surface area (Å²) in [5.74, 6) is 1.20. The Bertz CT molecular complexity index is 687. The van der Waals surface area contributed by atoms with Crippen molar-refractivity contribution in [3.63, 3.8) is 0 Å². The van der Waals surface area contributed by atoms with E-state index < -0.39 is 0 Å². The number of hydrogen-bond acceptors (Lipinski definition) is 5. The first-order chi connectivity index (χ1) is 9.38. The molecule has 0 unspecified atom stereocenters. The maximum Gasteiger partial charge on any atom is 0.258 e. The zero-order valence-electron chi connectivity index (χ0n) is 10.6. The zero-order valence-corrected chi connectivity index (χ0v) is 10.6. The molecule has 1 aromatic carbocycles. The van der Waals surface area contributed by atoms with Gasteiger partial charge in [-0.05, 0) is 24.7 Å². The van der Waals surface area contributed by atoms with Gasteiger partial charge in [-0.3, -0.25) is 4.98 Å². The second-order valence-electron chi connectivity index (χ2n) is 4.17. The summed E-state index contributed by atoms with van der Waals surface area (Å²) >= 11 is 0.